The smallest absolute Gasteiger partial charge is 0.222 e. The molecule has 0 radical (unpaired) electrons. The van der Waals surface area contributed by atoms with Crippen LogP contribution in [0.5, 0.6) is 0 Å². The van der Waals surface area contributed by atoms with Crippen molar-refractivity contribution in [1.82, 2.24) is 10.6 Å². The molecule has 0 saturated heterocycles. The second-order valence-electron chi connectivity index (χ2n) is 6.80. The first-order chi connectivity index (χ1) is 12.5. The van der Waals surface area contributed by atoms with Crippen molar-refractivity contribution in [3.05, 3.63) is 0 Å². The normalized spacial score (nSPS) is 20.1. The summed E-state index contributed by atoms with van der Waals surface area (Å²) in [6.07, 6.45) is 3.82. The molecule has 0 bridgehead atoms. The van der Waals surface area contributed by atoms with Crippen molar-refractivity contribution in [2.45, 2.75) is 71.4 Å². The molecule has 1 aliphatic rings. The van der Waals surface area contributed by atoms with Crippen LogP contribution in [0.25, 0.3) is 0 Å². The van der Waals surface area contributed by atoms with Gasteiger partial charge in [-0.1, -0.05) is 13.8 Å². The summed E-state index contributed by atoms with van der Waals surface area (Å²) in [6.45, 7) is 7.44. The molecule has 1 unspecified atom stereocenters. The molecule has 0 aromatic carbocycles. The van der Waals surface area contributed by atoms with Gasteiger partial charge in [0, 0.05) is 37.8 Å². The van der Waals surface area contributed by atoms with Crippen LogP contribution in [0.3, 0.4) is 0 Å². The lowest BCUT2D eigenvalue weighted by Crippen LogP contribution is -2.46. The third kappa shape index (κ3) is 9.29. The Bertz CT molecular complexity index is 449. The minimum absolute atomic E-state index is 0.0522. The van der Waals surface area contributed by atoms with Gasteiger partial charge in [-0.3, -0.25) is 14.4 Å². The molecule has 0 aliphatic heterocycles. The highest BCUT2D eigenvalue weighted by Gasteiger charge is 2.33. The number of ketones is 1. The van der Waals surface area contributed by atoms with E-state index in [4.69, 9.17) is 9.47 Å². The van der Waals surface area contributed by atoms with E-state index in [2.05, 4.69) is 10.6 Å². The summed E-state index contributed by atoms with van der Waals surface area (Å²) >= 11 is 0. The zero-order valence-corrected chi connectivity index (χ0v) is 16.3. The first-order valence-electron chi connectivity index (χ1n) is 9.74. The lowest BCUT2D eigenvalue weighted by atomic mass is 9.77. The Kier molecular flexibility index (Phi) is 11.1. The number of amides is 2. The van der Waals surface area contributed by atoms with E-state index in [1.54, 1.807) is 0 Å². The van der Waals surface area contributed by atoms with E-state index < -0.39 is 0 Å². The molecular weight excluding hydrogens is 336 g/mol. The van der Waals surface area contributed by atoms with E-state index in [0.717, 1.165) is 19.3 Å². The van der Waals surface area contributed by atoms with Crippen molar-refractivity contribution < 1.29 is 23.9 Å². The van der Waals surface area contributed by atoms with Crippen LogP contribution >= 0.6 is 0 Å². The van der Waals surface area contributed by atoms with Crippen LogP contribution in [0.4, 0.5) is 0 Å². The average Bonchev–Trinajstić information content (AvgIpc) is 2.59. The molecule has 1 fully saturated rings. The van der Waals surface area contributed by atoms with Gasteiger partial charge in [-0.15, -0.1) is 0 Å². The second-order valence-corrected chi connectivity index (χ2v) is 6.80. The van der Waals surface area contributed by atoms with Gasteiger partial charge < -0.3 is 20.1 Å². The van der Waals surface area contributed by atoms with Gasteiger partial charge in [0.2, 0.25) is 11.8 Å². The maximum Gasteiger partial charge on any atom is 0.222 e. The fourth-order valence-electron chi connectivity index (χ4n) is 2.68. The van der Waals surface area contributed by atoms with E-state index in [-0.39, 0.29) is 35.7 Å². The van der Waals surface area contributed by atoms with E-state index in [1.165, 1.54) is 0 Å². The summed E-state index contributed by atoms with van der Waals surface area (Å²) in [5.41, 5.74) is 0. The molecule has 0 aromatic rings. The summed E-state index contributed by atoms with van der Waals surface area (Å²) < 4.78 is 10.8. The highest BCUT2D eigenvalue weighted by Crippen LogP contribution is 2.29. The van der Waals surface area contributed by atoms with E-state index in [9.17, 15) is 14.4 Å². The lowest BCUT2D eigenvalue weighted by molar-refractivity contribution is -0.129. The molecule has 2 N–H and O–H groups in total. The quantitative estimate of drug-likeness (QED) is 0.453. The van der Waals surface area contributed by atoms with Crippen LogP contribution in [-0.2, 0) is 23.9 Å². The average molecular weight is 370 g/mol. The molecule has 150 valence electrons. The molecule has 2 amide bonds. The van der Waals surface area contributed by atoms with E-state index >= 15 is 0 Å². The first kappa shape index (κ1) is 22.6. The van der Waals surface area contributed by atoms with Crippen LogP contribution in [0.1, 0.15) is 59.3 Å². The van der Waals surface area contributed by atoms with Crippen molar-refractivity contribution in [1.29, 1.82) is 0 Å². The fourth-order valence-corrected chi connectivity index (χ4v) is 2.68. The third-order valence-electron chi connectivity index (χ3n) is 4.66. The van der Waals surface area contributed by atoms with Gasteiger partial charge in [0.1, 0.15) is 5.78 Å². The molecule has 0 heterocycles. The van der Waals surface area contributed by atoms with Crippen molar-refractivity contribution in [2.75, 3.05) is 26.4 Å². The van der Waals surface area contributed by atoms with Crippen LogP contribution < -0.4 is 10.6 Å². The Morgan fingerprint density at radius 1 is 1.04 bits per heavy atom. The zero-order chi connectivity index (χ0) is 19.4. The molecule has 1 atom stereocenters. The van der Waals surface area contributed by atoms with Crippen molar-refractivity contribution in [3.63, 3.8) is 0 Å². The predicted molar refractivity (Wildman–Crippen MR) is 98.7 cm³/mol. The summed E-state index contributed by atoms with van der Waals surface area (Å²) in [5, 5.41) is 5.67. The Balaban J connectivity index is 1.92. The SMILES string of the molecule is CCC(=O)C1CC(NC(=O)CCOCCNC(=O)CCOC(C)CC)C1. The van der Waals surface area contributed by atoms with Gasteiger partial charge in [-0.25, -0.2) is 0 Å². The van der Waals surface area contributed by atoms with Crippen LogP contribution in [0.2, 0.25) is 0 Å². The summed E-state index contributed by atoms with van der Waals surface area (Å²) in [5.74, 6) is 0.299. The summed E-state index contributed by atoms with van der Waals surface area (Å²) in [7, 11) is 0. The number of nitrogens with one attached hydrogen (secondary N) is 2. The molecule has 0 spiro atoms. The number of Topliss-reactive ketones (excluding diaryl/α,β-unsaturated/α-hetero) is 1. The van der Waals surface area contributed by atoms with E-state index in [1.807, 2.05) is 20.8 Å². The highest BCUT2D eigenvalue weighted by atomic mass is 16.5. The zero-order valence-electron chi connectivity index (χ0n) is 16.3. The van der Waals surface area contributed by atoms with Crippen LogP contribution in [-0.4, -0.2) is 56.1 Å². The number of hydrogen-bond acceptors (Lipinski definition) is 5. The molecule has 1 rings (SSSR count). The van der Waals surface area contributed by atoms with Crippen molar-refractivity contribution >= 4 is 17.6 Å². The number of carbonyl (C=O) groups is 3. The molecule has 26 heavy (non-hydrogen) atoms. The van der Waals surface area contributed by atoms with Gasteiger partial charge in [0.15, 0.2) is 0 Å². The monoisotopic (exact) mass is 370 g/mol. The fraction of sp³-hybridized carbons (Fsp3) is 0.842. The van der Waals surface area contributed by atoms with Crippen molar-refractivity contribution in [2.24, 2.45) is 5.92 Å². The Morgan fingerprint density at radius 3 is 2.38 bits per heavy atom. The number of ether oxygens (including phenoxy) is 2. The Hall–Kier alpha value is -1.47. The third-order valence-corrected chi connectivity index (χ3v) is 4.66. The topological polar surface area (TPSA) is 93.7 Å². The van der Waals surface area contributed by atoms with E-state index in [0.29, 0.717) is 45.6 Å². The maximum absolute atomic E-state index is 11.8. The Morgan fingerprint density at radius 2 is 1.73 bits per heavy atom. The van der Waals surface area contributed by atoms with Gasteiger partial charge in [0.25, 0.3) is 0 Å². The van der Waals surface area contributed by atoms with Crippen LogP contribution in [0.15, 0.2) is 0 Å². The van der Waals surface area contributed by atoms with Crippen LogP contribution in [0, 0.1) is 5.92 Å². The largest absolute Gasteiger partial charge is 0.379 e. The molecular formula is C19H34N2O5. The van der Waals surface area contributed by atoms with Gasteiger partial charge >= 0.3 is 0 Å². The summed E-state index contributed by atoms with van der Waals surface area (Å²) in [6, 6.07) is 0.125. The summed E-state index contributed by atoms with van der Waals surface area (Å²) in [4.78, 5) is 34.8. The lowest BCUT2D eigenvalue weighted by Gasteiger charge is -2.34. The van der Waals surface area contributed by atoms with Crippen molar-refractivity contribution in [3.8, 4) is 0 Å². The predicted octanol–water partition coefficient (Wildman–Crippen LogP) is 1.59. The number of carbonyl (C=O) groups excluding carboxylic acids is 3. The molecule has 1 saturated carbocycles. The molecule has 0 aromatic heterocycles. The molecule has 7 heteroatoms. The minimum Gasteiger partial charge on any atom is -0.379 e. The van der Waals surface area contributed by atoms with Gasteiger partial charge in [-0.05, 0) is 26.2 Å². The Labute approximate surface area is 156 Å². The second kappa shape index (κ2) is 12.8. The highest BCUT2D eigenvalue weighted by molar-refractivity contribution is 5.82. The molecule has 7 nitrogen and oxygen atoms in total. The molecule has 1 aliphatic carbocycles. The first-order valence-corrected chi connectivity index (χ1v) is 9.74. The van der Waals surface area contributed by atoms with Gasteiger partial charge in [0.05, 0.1) is 25.9 Å². The maximum atomic E-state index is 11.8. The number of rotatable bonds is 14. The van der Waals surface area contributed by atoms with Gasteiger partial charge in [-0.2, -0.15) is 0 Å². The number of hydrogen-bond donors (Lipinski definition) is 2. The standard InChI is InChI=1S/C19H34N2O5/c1-4-14(3)26-10-7-18(23)20-8-11-25-9-6-19(24)21-16-12-15(13-16)17(22)5-2/h14-16H,4-13H2,1-3H3,(H,20,23)(H,21,24). The minimum atomic E-state index is -0.0594.